The second-order valence-electron chi connectivity index (χ2n) is 8.62. The Morgan fingerprint density at radius 1 is 1.23 bits per heavy atom. The topological polar surface area (TPSA) is 120 Å². The number of anilines is 2. The van der Waals surface area contributed by atoms with Gasteiger partial charge in [0.1, 0.15) is 34.6 Å². The van der Waals surface area contributed by atoms with E-state index in [1.54, 1.807) is 24.1 Å². The van der Waals surface area contributed by atoms with Crippen LogP contribution in [0.25, 0.3) is 33.2 Å². The highest BCUT2D eigenvalue weighted by molar-refractivity contribution is 6.06. The highest BCUT2D eigenvalue weighted by atomic mass is 19.1. The molecule has 1 fully saturated rings. The summed E-state index contributed by atoms with van der Waals surface area (Å²) in [6, 6.07) is 13.0. The number of nitrogens with zero attached hydrogens (tertiary/aromatic N) is 4. The monoisotopic (exact) mass is 472 g/mol. The first-order valence-electron chi connectivity index (χ1n) is 11.2. The summed E-state index contributed by atoms with van der Waals surface area (Å²) in [5.41, 5.74) is 3.11. The zero-order valence-electron chi connectivity index (χ0n) is 18.7. The van der Waals surface area contributed by atoms with Crippen LogP contribution in [0.1, 0.15) is 12.2 Å². The van der Waals surface area contributed by atoms with Gasteiger partial charge < -0.3 is 19.7 Å². The average Bonchev–Trinajstić information content (AvgIpc) is 3.56. The van der Waals surface area contributed by atoms with Crippen molar-refractivity contribution in [2.24, 2.45) is 0 Å². The number of carboxylic acid groups (broad SMARTS) is 1. The molecule has 0 amide bonds. The lowest BCUT2D eigenvalue weighted by Crippen LogP contribution is -2.37. The van der Waals surface area contributed by atoms with E-state index < -0.39 is 17.8 Å². The van der Waals surface area contributed by atoms with Crippen molar-refractivity contribution in [1.82, 2.24) is 20.2 Å². The van der Waals surface area contributed by atoms with Crippen molar-refractivity contribution in [2.45, 2.75) is 25.4 Å². The third-order valence-electron chi connectivity index (χ3n) is 6.30. The van der Waals surface area contributed by atoms with Gasteiger partial charge in [-0.3, -0.25) is 5.10 Å². The highest BCUT2D eigenvalue weighted by Crippen LogP contribution is 2.37. The maximum Gasteiger partial charge on any atom is 0.326 e. The van der Waals surface area contributed by atoms with Crippen LogP contribution in [0.2, 0.25) is 0 Å². The summed E-state index contributed by atoms with van der Waals surface area (Å²) < 4.78 is 19.7. The Morgan fingerprint density at radius 2 is 2.06 bits per heavy atom. The zero-order chi connectivity index (χ0) is 24.1. The highest BCUT2D eigenvalue weighted by Gasteiger charge is 2.40. The molecule has 35 heavy (non-hydrogen) atoms. The van der Waals surface area contributed by atoms with Crippen LogP contribution in [0.15, 0.2) is 59.1 Å². The molecule has 0 spiro atoms. The Morgan fingerprint density at radius 3 is 2.86 bits per heavy atom. The van der Waals surface area contributed by atoms with E-state index in [9.17, 15) is 14.3 Å². The van der Waals surface area contributed by atoms with E-state index in [-0.39, 0.29) is 6.04 Å². The quantitative estimate of drug-likeness (QED) is 0.345. The van der Waals surface area contributed by atoms with E-state index >= 15 is 0 Å². The van der Waals surface area contributed by atoms with E-state index in [4.69, 9.17) is 4.42 Å². The van der Waals surface area contributed by atoms with E-state index in [2.05, 4.69) is 25.5 Å². The van der Waals surface area contributed by atoms with Gasteiger partial charge in [0.25, 0.3) is 0 Å². The molecule has 9 nitrogen and oxygen atoms in total. The van der Waals surface area contributed by atoms with Gasteiger partial charge >= 0.3 is 5.97 Å². The molecule has 5 aromatic rings. The molecule has 3 aromatic heterocycles. The van der Waals surface area contributed by atoms with Gasteiger partial charge in [0.05, 0.1) is 6.20 Å². The molecule has 0 saturated carbocycles. The van der Waals surface area contributed by atoms with Crippen LogP contribution in [0.4, 0.5) is 16.0 Å². The molecule has 10 heteroatoms. The van der Waals surface area contributed by atoms with Crippen molar-refractivity contribution in [3.63, 3.8) is 0 Å². The number of halogens is 1. The summed E-state index contributed by atoms with van der Waals surface area (Å²) in [5, 5.41) is 21.3. The lowest BCUT2D eigenvalue weighted by molar-refractivity contribution is -0.138. The minimum absolute atomic E-state index is 0.203. The van der Waals surface area contributed by atoms with Gasteiger partial charge in [-0.25, -0.2) is 19.2 Å². The molecule has 2 aromatic carbocycles. The van der Waals surface area contributed by atoms with Crippen LogP contribution >= 0.6 is 0 Å². The number of H-pyrrole nitrogens is 1. The summed E-state index contributed by atoms with van der Waals surface area (Å²) in [7, 11) is 0. The number of benzene rings is 2. The Hall–Kier alpha value is -4.47. The van der Waals surface area contributed by atoms with E-state index in [1.807, 2.05) is 30.3 Å². The second-order valence-corrected chi connectivity index (χ2v) is 8.62. The average molecular weight is 472 g/mol. The summed E-state index contributed by atoms with van der Waals surface area (Å²) in [6.45, 7) is 2.10. The molecule has 1 aliphatic rings. The normalized spacial score (nSPS) is 17.9. The second kappa shape index (κ2) is 8.08. The van der Waals surface area contributed by atoms with Crippen molar-refractivity contribution in [3.8, 4) is 11.1 Å². The van der Waals surface area contributed by atoms with Gasteiger partial charge in [-0.2, -0.15) is 5.10 Å². The molecule has 2 atom stereocenters. The molecule has 1 saturated heterocycles. The van der Waals surface area contributed by atoms with Crippen molar-refractivity contribution >= 4 is 39.7 Å². The largest absolute Gasteiger partial charge is 0.480 e. The first-order valence-corrected chi connectivity index (χ1v) is 11.2. The molecule has 0 radical (unpaired) electrons. The molecule has 0 aliphatic carbocycles. The Balaban J connectivity index is 1.37. The minimum atomic E-state index is -0.964. The number of aromatic amines is 1. The fourth-order valence-corrected chi connectivity index (χ4v) is 4.75. The third kappa shape index (κ3) is 3.63. The van der Waals surface area contributed by atoms with Gasteiger partial charge in [-0.1, -0.05) is 30.3 Å². The number of carbonyl (C=O) groups is 1. The lowest BCUT2D eigenvalue weighted by atomic mass is 10.1. The predicted molar refractivity (Wildman–Crippen MR) is 129 cm³/mol. The number of rotatable bonds is 5. The molecular formula is C25H21FN6O3. The van der Waals surface area contributed by atoms with Crippen LogP contribution in [0, 0.1) is 12.7 Å². The summed E-state index contributed by atoms with van der Waals surface area (Å²) >= 11 is 0. The van der Waals surface area contributed by atoms with Crippen LogP contribution in [-0.4, -0.2) is 49.9 Å². The molecule has 3 N–H and O–H groups in total. The van der Waals surface area contributed by atoms with Crippen molar-refractivity contribution in [1.29, 1.82) is 0 Å². The fourth-order valence-electron chi connectivity index (χ4n) is 4.75. The van der Waals surface area contributed by atoms with Crippen molar-refractivity contribution < 1.29 is 18.7 Å². The van der Waals surface area contributed by atoms with Gasteiger partial charge in [0, 0.05) is 36.0 Å². The summed E-state index contributed by atoms with van der Waals surface area (Å²) in [4.78, 5) is 23.0. The number of carboxylic acids is 1. The number of aryl methyl sites for hydroxylation is 1. The summed E-state index contributed by atoms with van der Waals surface area (Å²) in [5.74, 6) is 0.184. The maximum atomic E-state index is 13.8. The van der Waals surface area contributed by atoms with Crippen LogP contribution in [-0.2, 0) is 4.79 Å². The number of aliphatic carboxylic acids is 1. The standard InChI is InChI=1S/C25H21FN6O3/c1-13-28-21-17-8-7-15(26)9-20(17)35-22(21)24(29-13)32-12-16(10-19(32)25(33)34)30-23-18(11-27-31-23)14-5-3-2-4-6-14/h2-9,11,16,19H,10,12H2,1H3,(H,33,34)(H2,27,30,31)/t16-,19+/m0/s1. The first kappa shape index (κ1) is 21.1. The van der Waals surface area contributed by atoms with Crippen LogP contribution in [0.3, 0.4) is 0 Å². The van der Waals surface area contributed by atoms with E-state index in [1.165, 1.54) is 12.1 Å². The Labute approximate surface area is 198 Å². The number of aromatic nitrogens is 4. The van der Waals surface area contributed by atoms with Gasteiger partial charge in [0.15, 0.2) is 11.4 Å². The van der Waals surface area contributed by atoms with Crippen LogP contribution < -0.4 is 10.2 Å². The number of nitrogens with one attached hydrogen (secondary N) is 2. The van der Waals surface area contributed by atoms with E-state index in [0.29, 0.717) is 46.7 Å². The predicted octanol–water partition coefficient (Wildman–Crippen LogP) is 4.36. The lowest BCUT2D eigenvalue weighted by Gasteiger charge is -2.22. The summed E-state index contributed by atoms with van der Waals surface area (Å²) in [6.07, 6.45) is 2.08. The van der Waals surface area contributed by atoms with E-state index in [0.717, 1.165) is 16.9 Å². The number of hydrogen-bond acceptors (Lipinski definition) is 7. The van der Waals surface area contributed by atoms with Crippen LogP contribution in [0.5, 0.6) is 0 Å². The van der Waals surface area contributed by atoms with Gasteiger partial charge in [-0.15, -0.1) is 0 Å². The zero-order valence-corrected chi connectivity index (χ0v) is 18.7. The van der Waals surface area contributed by atoms with Gasteiger partial charge in [0.2, 0.25) is 0 Å². The molecular weight excluding hydrogens is 451 g/mol. The maximum absolute atomic E-state index is 13.8. The Bertz CT molecular complexity index is 1560. The molecule has 4 heterocycles. The third-order valence-corrected chi connectivity index (χ3v) is 6.30. The van der Waals surface area contributed by atoms with Crippen molar-refractivity contribution in [3.05, 3.63) is 66.4 Å². The fraction of sp³-hybridized carbons (Fsp3) is 0.200. The SMILES string of the molecule is Cc1nc(N2C[C@@H](Nc3[nH]ncc3-c3ccccc3)C[C@@H]2C(=O)O)c2oc3cc(F)ccc3c2n1. The minimum Gasteiger partial charge on any atom is -0.480 e. The smallest absolute Gasteiger partial charge is 0.326 e. The first-order chi connectivity index (χ1) is 17.0. The molecule has 1 aliphatic heterocycles. The number of hydrogen-bond donors (Lipinski definition) is 3. The Kier molecular flexibility index (Phi) is 4.87. The number of furan rings is 1. The molecule has 0 bridgehead atoms. The number of fused-ring (bicyclic) bond motifs is 3. The molecule has 176 valence electrons. The molecule has 6 rings (SSSR count). The van der Waals surface area contributed by atoms with Crippen molar-refractivity contribution in [2.75, 3.05) is 16.8 Å². The molecule has 0 unspecified atom stereocenters. The van der Waals surface area contributed by atoms with Gasteiger partial charge in [-0.05, 0) is 24.6 Å².